The molecule has 2 aromatic rings. The Balaban J connectivity index is 0.00000180. The van der Waals surface area contributed by atoms with Crippen LogP contribution < -0.4 is 5.32 Å². The maximum atomic E-state index is 11.1. The number of benzene rings is 1. The number of carboxylic acid groups (broad SMARTS) is 1. The molecule has 0 aliphatic rings. The third-order valence-corrected chi connectivity index (χ3v) is 2.82. The SMILES string of the molecule is Cc1cnn(C)c1NCc1ccccc1C(=O)O.Cl. The minimum absolute atomic E-state index is 0. The van der Waals surface area contributed by atoms with Crippen LogP contribution in [0.5, 0.6) is 0 Å². The molecule has 0 saturated carbocycles. The Morgan fingerprint density at radius 2 is 2.11 bits per heavy atom. The molecule has 5 nitrogen and oxygen atoms in total. The van der Waals surface area contributed by atoms with Crippen LogP contribution in [-0.2, 0) is 13.6 Å². The monoisotopic (exact) mass is 281 g/mol. The van der Waals surface area contributed by atoms with E-state index in [2.05, 4.69) is 10.4 Å². The molecule has 0 radical (unpaired) electrons. The summed E-state index contributed by atoms with van der Waals surface area (Å²) in [6, 6.07) is 6.97. The van der Waals surface area contributed by atoms with E-state index in [-0.39, 0.29) is 12.4 Å². The maximum absolute atomic E-state index is 11.1. The summed E-state index contributed by atoms with van der Waals surface area (Å²) in [4.78, 5) is 11.1. The first-order valence-corrected chi connectivity index (χ1v) is 5.63. The van der Waals surface area contributed by atoms with Gasteiger partial charge in [-0.3, -0.25) is 4.68 Å². The number of hydrogen-bond donors (Lipinski definition) is 2. The Bertz CT molecular complexity index is 562. The summed E-state index contributed by atoms with van der Waals surface area (Å²) >= 11 is 0. The van der Waals surface area contributed by atoms with Crippen molar-refractivity contribution in [2.45, 2.75) is 13.5 Å². The second-order valence-corrected chi connectivity index (χ2v) is 4.12. The van der Waals surface area contributed by atoms with Gasteiger partial charge in [-0.15, -0.1) is 12.4 Å². The summed E-state index contributed by atoms with van der Waals surface area (Å²) in [5.41, 5.74) is 2.11. The van der Waals surface area contributed by atoms with E-state index in [4.69, 9.17) is 5.11 Å². The second-order valence-electron chi connectivity index (χ2n) is 4.12. The summed E-state index contributed by atoms with van der Waals surface area (Å²) in [6.07, 6.45) is 1.77. The summed E-state index contributed by atoms with van der Waals surface area (Å²) in [7, 11) is 1.85. The van der Waals surface area contributed by atoms with Crippen LogP contribution in [0.15, 0.2) is 30.5 Å². The van der Waals surface area contributed by atoms with Gasteiger partial charge < -0.3 is 10.4 Å². The van der Waals surface area contributed by atoms with Gasteiger partial charge in [-0.1, -0.05) is 18.2 Å². The highest BCUT2D eigenvalue weighted by Crippen LogP contribution is 2.15. The van der Waals surface area contributed by atoms with Gasteiger partial charge in [-0.05, 0) is 18.6 Å². The minimum atomic E-state index is -0.908. The van der Waals surface area contributed by atoms with Crippen LogP contribution in [0.2, 0.25) is 0 Å². The number of aromatic nitrogens is 2. The molecule has 2 N–H and O–H groups in total. The Hall–Kier alpha value is -2.01. The van der Waals surface area contributed by atoms with Crippen molar-refractivity contribution in [2.75, 3.05) is 5.32 Å². The molecule has 0 unspecified atom stereocenters. The van der Waals surface area contributed by atoms with E-state index >= 15 is 0 Å². The fraction of sp³-hybridized carbons (Fsp3) is 0.231. The summed E-state index contributed by atoms with van der Waals surface area (Å²) in [5.74, 6) is -0.00989. The lowest BCUT2D eigenvalue weighted by Crippen LogP contribution is -2.09. The van der Waals surface area contributed by atoms with Crippen LogP contribution >= 0.6 is 12.4 Å². The van der Waals surface area contributed by atoms with Crippen molar-refractivity contribution in [1.29, 1.82) is 0 Å². The van der Waals surface area contributed by atoms with Gasteiger partial charge >= 0.3 is 5.97 Å². The van der Waals surface area contributed by atoms with Crippen LogP contribution in [0.25, 0.3) is 0 Å². The second kappa shape index (κ2) is 6.24. The summed E-state index contributed by atoms with van der Waals surface area (Å²) in [5, 5.41) is 16.4. The highest BCUT2D eigenvalue weighted by Gasteiger charge is 2.10. The number of carboxylic acids is 1. The lowest BCUT2D eigenvalue weighted by Gasteiger charge is -2.10. The molecular weight excluding hydrogens is 266 g/mol. The molecule has 102 valence electrons. The number of nitrogens with one attached hydrogen (secondary N) is 1. The smallest absolute Gasteiger partial charge is 0.336 e. The van der Waals surface area contributed by atoms with Gasteiger partial charge in [-0.2, -0.15) is 5.10 Å². The van der Waals surface area contributed by atoms with Crippen molar-refractivity contribution in [3.63, 3.8) is 0 Å². The predicted octanol–water partition coefficient (Wildman–Crippen LogP) is 2.46. The minimum Gasteiger partial charge on any atom is -0.478 e. The van der Waals surface area contributed by atoms with Gasteiger partial charge in [0.2, 0.25) is 0 Å². The van der Waals surface area contributed by atoms with E-state index in [0.29, 0.717) is 12.1 Å². The summed E-state index contributed by atoms with van der Waals surface area (Å²) < 4.78 is 1.73. The number of carbonyl (C=O) groups is 1. The van der Waals surface area contributed by atoms with Gasteiger partial charge in [0, 0.05) is 19.2 Å². The maximum Gasteiger partial charge on any atom is 0.336 e. The molecule has 19 heavy (non-hydrogen) atoms. The molecule has 0 amide bonds. The lowest BCUT2D eigenvalue weighted by molar-refractivity contribution is 0.0696. The van der Waals surface area contributed by atoms with E-state index in [1.54, 1.807) is 23.0 Å². The molecular formula is C13H16ClN3O2. The standard InChI is InChI=1S/C13H15N3O2.ClH/c1-9-7-15-16(2)12(9)14-8-10-5-3-4-6-11(10)13(17)18;/h3-7,14H,8H2,1-2H3,(H,17,18);1H. The average Bonchev–Trinajstić information content (AvgIpc) is 2.67. The average molecular weight is 282 g/mol. The van der Waals surface area contributed by atoms with Gasteiger partial charge in [-0.25, -0.2) is 4.79 Å². The van der Waals surface area contributed by atoms with Gasteiger partial charge in [0.15, 0.2) is 0 Å². The lowest BCUT2D eigenvalue weighted by atomic mass is 10.1. The number of anilines is 1. The first kappa shape index (κ1) is 15.0. The Kier molecular flexibility index (Phi) is 4.94. The predicted molar refractivity (Wildman–Crippen MR) is 75.9 cm³/mol. The van der Waals surface area contributed by atoms with E-state index in [1.165, 1.54) is 0 Å². The number of rotatable bonds is 4. The number of hydrogen-bond acceptors (Lipinski definition) is 3. The molecule has 1 aromatic carbocycles. The topological polar surface area (TPSA) is 67.2 Å². The van der Waals surface area contributed by atoms with Crippen molar-refractivity contribution in [2.24, 2.45) is 7.05 Å². The zero-order valence-electron chi connectivity index (χ0n) is 10.8. The Morgan fingerprint density at radius 1 is 1.42 bits per heavy atom. The third-order valence-electron chi connectivity index (χ3n) is 2.82. The van der Waals surface area contributed by atoms with Crippen LogP contribution in [0.3, 0.4) is 0 Å². The normalized spacial score (nSPS) is 9.79. The van der Waals surface area contributed by atoms with Gasteiger partial charge in [0.1, 0.15) is 5.82 Å². The first-order chi connectivity index (χ1) is 8.59. The van der Waals surface area contributed by atoms with E-state index in [1.807, 2.05) is 26.1 Å². The number of halogens is 1. The Labute approximate surface area is 117 Å². The molecule has 0 fully saturated rings. The highest BCUT2D eigenvalue weighted by molar-refractivity contribution is 5.89. The highest BCUT2D eigenvalue weighted by atomic mass is 35.5. The molecule has 2 rings (SSSR count). The first-order valence-electron chi connectivity index (χ1n) is 5.63. The van der Waals surface area contributed by atoms with Crippen LogP contribution in [-0.4, -0.2) is 20.9 Å². The molecule has 0 spiro atoms. The zero-order chi connectivity index (χ0) is 13.1. The van der Waals surface area contributed by atoms with E-state index < -0.39 is 5.97 Å². The largest absolute Gasteiger partial charge is 0.478 e. The number of nitrogens with zero attached hydrogens (tertiary/aromatic N) is 2. The summed E-state index contributed by atoms with van der Waals surface area (Å²) in [6.45, 7) is 2.42. The molecule has 0 atom stereocenters. The van der Waals surface area contributed by atoms with Crippen molar-refractivity contribution in [1.82, 2.24) is 9.78 Å². The molecule has 1 aromatic heterocycles. The Morgan fingerprint density at radius 3 is 2.68 bits per heavy atom. The number of aromatic carboxylic acids is 1. The van der Waals surface area contributed by atoms with Crippen molar-refractivity contribution >= 4 is 24.2 Å². The van der Waals surface area contributed by atoms with Gasteiger partial charge in [0.05, 0.1) is 11.8 Å². The fourth-order valence-corrected chi connectivity index (χ4v) is 1.86. The molecule has 0 aliphatic heterocycles. The molecule has 0 saturated heterocycles. The molecule has 0 bridgehead atoms. The third kappa shape index (κ3) is 3.26. The van der Waals surface area contributed by atoms with Crippen molar-refractivity contribution in [3.8, 4) is 0 Å². The van der Waals surface area contributed by atoms with E-state index in [9.17, 15) is 4.79 Å². The number of aryl methyl sites for hydroxylation is 2. The van der Waals surface area contributed by atoms with E-state index in [0.717, 1.165) is 16.9 Å². The van der Waals surface area contributed by atoms with Crippen LogP contribution in [0.4, 0.5) is 5.82 Å². The molecule has 6 heteroatoms. The van der Waals surface area contributed by atoms with Gasteiger partial charge in [0.25, 0.3) is 0 Å². The van der Waals surface area contributed by atoms with Crippen molar-refractivity contribution in [3.05, 3.63) is 47.2 Å². The van der Waals surface area contributed by atoms with Crippen LogP contribution in [0, 0.1) is 6.92 Å². The molecule has 1 heterocycles. The zero-order valence-corrected chi connectivity index (χ0v) is 11.6. The quantitative estimate of drug-likeness (QED) is 0.903. The van der Waals surface area contributed by atoms with Crippen molar-refractivity contribution < 1.29 is 9.90 Å². The molecule has 0 aliphatic carbocycles. The van der Waals surface area contributed by atoms with Crippen LogP contribution in [0.1, 0.15) is 21.5 Å². The fourth-order valence-electron chi connectivity index (χ4n) is 1.86.